The van der Waals surface area contributed by atoms with E-state index < -0.39 is 0 Å². The van der Waals surface area contributed by atoms with Gasteiger partial charge in [0.15, 0.2) is 0 Å². The summed E-state index contributed by atoms with van der Waals surface area (Å²) >= 11 is 3.44. The molecule has 0 heterocycles. The Hall–Kier alpha value is -1.01. The molecule has 0 spiro atoms. The summed E-state index contributed by atoms with van der Waals surface area (Å²) in [7, 11) is 1.68. The first-order valence-corrected chi connectivity index (χ1v) is 5.76. The highest BCUT2D eigenvalue weighted by Gasteiger charge is 2.03. The van der Waals surface area contributed by atoms with Gasteiger partial charge in [-0.2, -0.15) is 5.26 Å². The number of methoxy groups -OCH3 is 1. The van der Waals surface area contributed by atoms with Gasteiger partial charge in [0.2, 0.25) is 0 Å². The van der Waals surface area contributed by atoms with Crippen LogP contribution in [0.2, 0.25) is 0 Å². The number of hydrogen-bond donors (Lipinski definition) is 0. The predicted octanol–water partition coefficient (Wildman–Crippen LogP) is 3.69. The molecule has 0 bridgehead atoms. The fraction of sp³-hybridized carbons (Fsp3) is 0.417. The van der Waals surface area contributed by atoms with Gasteiger partial charge in [-0.15, -0.1) is 0 Å². The quantitative estimate of drug-likeness (QED) is 0.763. The maximum Gasteiger partial charge on any atom is 0.122 e. The maximum absolute atomic E-state index is 8.43. The lowest BCUT2D eigenvalue weighted by molar-refractivity contribution is 0.409. The van der Waals surface area contributed by atoms with E-state index >= 15 is 0 Å². The van der Waals surface area contributed by atoms with Gasteiger partial charge in [-0.05, 0) is 43.0 Å². The smallest absolute Gasteiger partial charge is 0.122 e. The van der Waals surface area contributed by atoms with Crippen LogP contribution < -0.4 is 4.74 Å². The number of nitriles is 1. The molecule has 0 saturated carbocycles. The number of hydrogen-bond acceptors (Lipinski definition) is 2. The van der Waals surface area contributed by atoms with Crippen LogP contribution in [0.25, 0.3) is 0 Å². The van der Waals surface area contributed by atoms with Crippen molar-refractivity contribution in [3.8, 4) is 11.8 Å². The summed E-state index contributed by atoms with van der Waals surface area (Å²) in [4.78, 5) is 0. The molecule has 3 heteroatoms. The topological polar surface area (TPSA) is 33.0 Å². The third-order valence-electron chi connectivity index (χ3n) is 2.23. The van der Waals surface area contributed by atoms with E-state index in [4.69, 9.17) is 10.00 Å². The van der Waals surface area contributed by atoms with Gasteiger partial charge in [0.05, 0.1) is 13.2 Å². The molecule has 1 rings (SSSR count). The van der Waals surface area contributed by atoms with E-state index in [0.717, 1.165) is 29.5 Å². The molecule has 0 atom stereocenters. The third-order valence-corrected chi connectivity index (χ3v) is 2.72. The van der Waals surface area contributed by atoms with Crippen molar-refractivity contribution < 1.29 is 4.74 Å². The molecule has 1 aromatic rings. The van der Waals surface area contributed by atoms with Crippen LogP contribution in [0.1, 0.15) is 24.8 Å². The van der Waals surface area contributed by atoms with Crippen molar-refractivity contribution in [3.63, 3.8) is 0 Å². The molecule has 0 N–H and O–H groups in total. The van der Waals surface area contributed by atoms with Gasteiger partial charge in [-0.3, -0.25) is 0 Å². The summed E-state index contributed by atoms with van der Waals surface area (Å²) in [5.74, 6) is 0.926. The van der Waals surface area contributed by atoms with E-state index in [-0.39, 0.29) is 0 Å². The van der Waals surface area contributed by atoms with Crippen molar-refractivity contribution in [2.75, 3.05) is 7.11 Å². The maximum atomic E-state index is 8.43. The summed E-state index contributed by atoms with van der Waals surface area (Å²) < 4.78 is 6.34. The minimum absolute atomic E-state index is 0.635. The number of nitrogens with zero attached hydrogens (tertiary/aromatic N) is 1. The van der Waals surface area contributed by atoms with Crippen LogP contribution in [0.5, 0.6) is 5.75 Å². The SMILES string of the molecule is COc1ccc(Br)cc1CCCCC#N. The van der Waals surface area contributed by atoms with Crippen LogP contribution in [0.3, 0.4) is 0 Å². The lowest BCUT2D eigenvalue weighted by Crippen LogP contribution is -1.92. The Balaban J connectivity index is 2.58. The zero-order valence-corrected chi connectivity index (χ0v) is 10.4. The molecule has 80 valence electrons. The van der Waals surface area contributed by atoms with E-state index in [1.165, 1.54) is 5.56 Å². The number of unbranched alkanes of at least 4 members (excludes halogenated alkanes) is 2. The molecule has 0 radical (unpaired) electrons. The normalized spacial score (nSPS) is 9.67. The van der Waals surface area contributed by atoms with Crippen LogP contribution in [0.4, 0.5) is 0 Å². The molecule has 0 aliphatic rings. The van der Waals surface area contributed by atoms with Crippen LogP contribution in [-0.2, 0) is 6.42 Å². The number of halogens is 1. The molecule has 0 aromatic heterocycles. The molecule has 2 nitrogen and oxygen atoms in total. The summed E-state index contributed by atoms with van der Waals surface area (Å²) in [5.41, 5.74) is 1.20. The van der Waals surface area contributed by atoms with E-state index in [1.807, 2.05) is 12.1 Å². The summed E-state index contributed by atoms with van der Waals surface area (Å²) in [6.45, 7) is 0. The van der Waals surface area contributed by atoms with Crippen molar-refractivity contribution in [3.05, 3.63) is 28.2 Å². The molecule has 0 saturated heterocycles. The molecule has 0 amide bonds. The Morgan fingerprint density at radius 2 is 2.20 bits per heavy atom. The molecule has 0 fully saturated rings. The van der Waals surface area contributed by atoms with Gasteiger partial charge in [0.1, 0.15) is 5.75 Å². The van der Waals surface area contributed by atoms with Crippen molar-refractivity contribution in [2.45, 2.75) is 25.7 Å². The highest BCUT2D eigenvalue weighted by atomic mass is 79.9. The number of benzene rings is 1. The van der Waals surface area contributed by atoms with Gasteiger partial charge in [-0.1, -0.05) is 15.9 Å². The molecular weight excluding hydrogens is 254 g/mol. The zero-order valence-electron chi connectivity index (χ0n) is 8.79. The van der Waals surface area contributed by atoms with Crippen molar-refractivity contribution in [2.24, 2.45) is 0 Å². The third kappa shape index (κ3) is 3.93. The van der Waals surface area contributed by atoms with E-state index in [2.05, 4.69) is 28.1 Å². The molecular formula is C12H14BrNO. The van der Waals surface area contributed by atoms with Gasteiger partial charge in [0.25, 0.3) is 0 Å². The zero-order chi connectivity index (χ0) is 11.1. The first-order valence-electron chi connectivity index (χ1n) is 4.97. The number of ether oxygens (including phenoxy) is 1. The van der Waals surface area contributed by atoms with Crippen molar-refractivity contribution in [1.29, 1.82) is 5.26 Å². The Bertz CT molecular complexity index is 357. The van der Waals surface area contributed by atoms with E-state index in [9.17, 15) is 0 Å². The van der Waals surface area contributed by atoms with Gasteiger partial charge >= 0.3 is 0 Å². The van der Waals surface area contributed by atoms with Crippen LogP contribution >= 0.6 is 15.9 Å². The summed E-state index contributed by atoms with van der Waals surface area (Å²) in [6, 6.07) is 8.16. The lowest BCUT2D eigenvalue weighted by atomic mass is 10.1. The fourth-order valence-electron chi connectivity index (χ4n) is 1.46. The van der Waals surface area contributed by atoms with Gasteiger partial charge < -0.3 is 4.74 Å². The highest BCUT2D eigenvalue weighted by molar-refractivity contribution is 9.10. The van der Waals surface area contributed by atoms with Gasteiger partial charge in [0, 0.05) is 10.9 Å². The lowest BCUT2D eigenvalue weighted by Gasteiger charge is -2.08. The van der Waals surface area contributed by atoms with Gasteiger partial charge in [-0.25, -0.2) is 0 Å². The van der Waals surface area contributed by atoms with E-state index in [0.29, 0.717) is 6.42 Å². The standard InChI is InChI=1S/C12H14BrNO/c1-15-12-7-6-11(13)9-10(12)5-3-2-4-8-14/h6-7,9H,2-5H2,1H3. The minimum Gasteiger partial charge on any atom is -0.496 e. The average Bonchev–Trinajstić information content (AvgIpc) is 2.25. The Morgan fingerprint density at radius 3 is 2.87 bits per heavy atom. The first kappa shape index (κ1) is 12.1. The van der Waals surface area contributed by atoms with E-state index in [1.54, 1.807) is 7.11 Å². The van der Waals surface area contributed by atoms with Crippen LogP contribution in [0.15, 0.2) is 22.7 Å². The van der Waals surface area contributed by atoms with Crippen LogP contribution in [-0.4, -0.2) is 7.11 Å². The molecule has 15 heavy (non-hydrogen) atoms. The highest BCUT2D eigenvalue weighted by Crippen LogP contribution is 2.24. The number of rotatable bonds is 5. The molecule has 0 aliphatic carbocycles. The Labute approximate surface area is 99.0 Å². The minimum atomic E-state index is 0.635. The fourth-order valence-corrected chi connectivity index (χ4v) is 1.87. The predicted molar refractivity (Wildman–Crippen MR) is 63.9 cm³/mol. The second kappa shape index (κ2) is 6.47. The molecule has 0 unspecified atom stereocenters. The van der Waals surface area contributed by atoms with Crippen LogP contribution in [0, 0.1) is 11.3 Å². The summed E-state index contributed by atoms with van der Waals surface area (Å²) in [6.07, 6.45) is 3.58. The average molecular weight is 268 g/mol. The summed E-state index contributed by atoms with van der Waals surface area (Å²) in [5, 5.41) is 8.43. The second-order valence-electron chi connectivity index (χ2n) is 3.32. The molecule has 1 aromatic carbocycles. The van der Waals surface area contributed by atoms with Crippen molar-refractivity contribution >= 4 is 15.9 Å². The largest absolute Gasteiger partial charge is 0.496 e. The Kier molecular flexibility index (Phi) is 5.20. The van der Waals surface area contributed by atoms with Crippen molar-refractivity contribution in [1.82, 2.24) is 0 Å². The first-order chi connectivity index (χ1) is 7.27. The molecule has 0 aliphatic heterocycles. The Morgan fingerprint density at radius 1 is 1.40 bits per heavy atom. The monoisotopic (exact) mass is 267 g/mol. The second-order valence-corrected chi connectivity index (χ2v) is 4.24. The number of aryl methyl sites for hydroxylation is 1.